The summed E-state index contributed by atoms with van der Waals surface area (Å²) in [6, 6.07) is 12.4. The molecule has 23 heavy (non-hydrogen) atoms. The van der Waals surface area contributed by atoms with Crippen molar-refractivity contribution < 1.29 is 5.11 Å². The maximum absolute atomic E-state index is 10.9. The van der Waals surface area contributed by atoms with Crippen LogP contribution in [0.2, 0.25) is 0 Å². The third kappa shape index (κ3) is 2.94. The van der Waals surface area contributed by atoms with Crippen molar-refractivity contribution in [2.24, 2.45) is 5.92 Å². The highest BCUT2D eigenvalue weighted by Crippen LogP contribution is 2.36. The number of aliphatic hydroxyl groups is 1. The number of nitrogens with zero attached hydrogens (tertiary/aromatic N) is 2. The number of piperidine rings is 3. The van der Waals surface area contributed by atoms with Crippen LogP contribution in [0.3, 0.4) is 0 Å². The Hall–Kier alpha value is -1.97. The Labute approximate surface area is 137 Å². The van der Waals surface area contributed by atoms with E-state index in [0.29, 0.717) is 5.92 Å². The molecule has 1 aromatic heterocycles. The molecule has 3 fully saturated rings. The van der Waals surface area contributed by atoms with Gasteiger partial charge in [-0.1, -0.05) is 42.5 Å². The van der Waals surface area contributed by atoms with Gasteiger partial charge in [0.1, 0.15) is 0 Å². The van der Waals surface area contributed by atoms with Crippen LogP contribution in [0.1, 0.15) is 18.4 Å². The van der Waals surface area contributed by atoms with Crippen molar-refractivity contribution in [1.29, 1.82) is 0 Å². The summed E-state index contributed by atoms with van der Waals surface area (Å²) < 4.78 is 0. The van der Waals surface area contributed by atoms with Crippen LogP contribution in [0, 0.1) is 5.92 Å². The predicted octanol–water partition coefficient (Wildman–Crippen LogP) is 3.22. The van der Waals surface area contributed by atoms with Crippen LogP contribution in [0.25, 0.3) is 17.2 Å². The Bertz CT molecular complexity index is 687. The molecule has 4 heterocycles. The third-order valence-corrected chi connectivity index (χ3v) is 5.24. The monoisotopic (exact) mass is 306 g/mol. The molecule has 1 N–H and O–H groups in total. The molecule has 0 spiro atoms. The highest BCUT2D eigenvalue weighted by Gasteiger charge is 2.43. The first kappa shape index (κ1) is 14.6. The largest absolute Gasteiger partial charge is 0.384 e. The zero-order chi connectivity index (χ0) is 15.7. The number of aromatic nitrogens is 1. The second-order valence-electron chi connectivity index (χ2n) is 6.74. The molecule has 3 saturated heterocycles. The second-order valence-corrected chi connectivity index (χ2v) is 6.74. The lowest BCUT2D eigenvalue weighted by Gasteiger charge is -2.49. The Morgan fingerprint density at radius 3 is 2.48 bits per heavy atom. The van der Waals surface area contributed by atoms with Gasteiger partial charge in [-0.05, 0) is 54.6 Å². The second kappa shape index (κ2) is 5.91. The molecule has 1 unspecified atom stereocenters. The molecule has 3 nitrogen and oxygen atoms in total. The van der Waals surface area contributed by atoms with Crippen molar-refractivity contribution in [3.63, 3.8) is 0 Å². The quantitative estimate of drug-likeness (QED) is 0.946. The number of hydrogen-bond acceptors (Lipinski definition) is 3. The van der Waals surface area contributed by atoms with Gasteiger partial charge in [-0.3, -0.25) is 4.98 Å². The number of hydrogen-bond donors (Lipinski definition) is 1. The summed E-state index contributed by atoms with van der Waals surface area (Å²) in [6.07, 6.45) is 9.97. The number of fused-ring (bicyclic) bond motifs is 3. The first-order valence-corrected chi connectivity index (χ1v) is 8.37. The standard InChI is InChI=1S/C20H22N2O/c23-20(15-22-12-8-19(20)9-13-22)10-7-16-3-5-17(6-4-16)18-2-1-11-21-14-18/h1-7,10-11,14,19,23H,8-9,12-13,15H2/b10-7+. The summed E-state index contributed by atoms with van der Waals surface area (Å²) in [7, 11) is 0. The van der Waals surface area contributed by atoms with Crippen LogP contribution in [-0.2, 0) is 0 Å². The van der Waals surface area contributed by atoms with Crippen molar-refractivity contribution >= 4 is 6.08 Å². The maximum atomic E-state index is 10.9. The van der Waals surface area contributed by atoms with E-state index in [1.54, 1.807) is 6.20 Å². The van der Waals surface area contributed by atoms with Gasteiger partial charge in [0.25, 0.3) is 0 Å². The Balaban J connectivity index is 1.51. The topological polar surface area (TPSA) is 36.4 Å². The van der Waals surface area contributed by atoms with Crippen LogP contribution in [0.15, 0.2) is 54.9 Å². The molecule has 3 heteroatoms. The molecule has 3 aliphatic rings. The normalized spacial score (nSPS) is 30.0. The lowest BCUT2D eigenvalue weighted by molar-refractivity contribution is -0.0775. The minimum absolute atomic E-state index is 0.415. The van der Waals surface area contributed by atoms with E-state index in [1.165, 1.54) is 0 Å². The zero-order valence-electron chi connectivity index (χ0n) is 13.2. The summed E-state index contributed by atoms with van der Waals surface area (Å²) >= 11 is 0. The number of benzene rings is 1. The van der Waals surface area contributed by atoms with Crippen LogP contribution in [-0.4, -0.2) is 40.2 Å². The molecule has 0 radical (unpaired) electrons. The first-order valence-electron chi connectivity index (χ1n) is 8.37. The summed E-state index contributed by atoms with van der Waals surface area (Å²) in [6.45, 7) is 3.06. The highest BCUT2D eigenvalue weighted by molar-refractivity contribution is 5.65. The van der Waals surface area contributed by atoms with Crippen molar-refractivity contribution in [3.8, 4) is 11.1 Å². The van der Waals surface area contributed by atoms with Gasteiger partial charge in [-0.25, -0.2) is 0 Å². The number of pyridine rings is 1. The van der Waals surface area contributed by atoms with Gasteiger partial charge in [-0.15, -0.1) is 0 Å². The molecular formula is C20H22N2O. The van der Waals surface area contributed by atoms with Crippen LogP contribution < -0.4 is 0 Å². The average molecular weight is 306 g/mol. The summed E-state index contributed by atoms with van der Waals surface area (Å²) in [5.74, 6) is 0.415. The van der Waals surface area contributed by atoms with E-state index in [4.69, 9.17) is 0 Å². The van der Waals surface area contributed by atoms with Gasteiger partial charge in [0, 0.05) is 18.9 Å². The van der Waals surface area contributed by atoms with E-state index in [1.807, 2.05) is 18.3 Å². The Morgan fingerprint density at radius 1 is 1.09 bits per heavy atom. The van der Waals surface area contributed by atoms with Crippen LogP contribution in [0.5, 0.6) is 0 Å². The van der Waals surface area contributed by atoms with Gasteiger partial charge < -0.3 is 10.0 Å². The van der Waals surface area contributed by atoms with E-state index in [2.05, 4.69) is 46.3 Å². The molecule has 2 bridgehead atoms. The van der Waals surface area contributed by atoms with E-state index in [0.717, 1.165) is 49.2 Å². The van der Waals surface area contributed by atoms with Gasteiger partial charge >= 0.3 is 0 Å². The molecular weight excluding hydrogens is 284 g/mol. The summed E-state index contributed by atoms with van der Waals surface area (Å²) in [5, 5.41) is 10.9. The Morgan fingerprint density at radius 2 is 1.87 bits per heavy atom. The predicted molar refractivity (Wildman–Crippen MR) is 92.8 cm³/mol. The Kier molecular flexibility index (Phi) is 3.76. The van der Waals surface area contributed by atoms with Gasteiger partial charge in [0.15, 0.2) is 0 Å². The minimum atomic E-state index is -0.654. The SMILES string of the molecule is OC1(/C=C/c2ccc(-c3cccnc3)cc2)CN2CCC1CC2. The molecule has 1 atom stereocenters. The summed E-state index contributed by atoms with van der Waals surface area (Å²) in [4.78, 5) is 6.53. The van der Waals surface area contributed by atoms with Crippen LogP contribution in [0.4, 0.5) is 0 Å². The lowest BCUT2D eigenvalue weighted by Crippen LogP contribution is -2.58. The van der Waals surface area contributed by atoms with Crippen molar-refractivity contribution in [2.45, 2.75) is 18.4 Å². The van der Waals surface area contributed by atoms with Crippen LogP contribution >= 0.6 is 0 Å². The number of rotatable bonds is 3. The van der Waals surface area contributed by atoms with E-state index < -0.39 is 5.60 Å². The molecule has 0 amide bonds. The fourth-order valence-corrected chi connectivity index (χ4v) is 3.83. The van der Waals surface area contributed by atoms with Crippen molar-refractivity contribution in [1.82, 2.24) is 9.88 Å². The van der Waals surface area contributed by atoms with Crippen molar-refractivity contribution in [3.05, 3.63) is 60.4 Å². The lowest BCUT2D eigenvalue weighted by atomic mass is 9.75. The van der Waals surface area contributed by atoms with Gasteiger partial charge in [-0.2, -0.15) is 0 Å². The molecule has 5 rings (SSSR count). The first-order chi connectivity index (χ1) is 11.2. The third-order valence-electron chi connectivity index (χ3n) is 5.24. The smallest absolute Gasteiger partial charge is 0.0986 e. The summed E-state index contributed by atoms with van der Waals surface area (Å²) in [5.41, 5.74) is 2.76. The maximum Gasteiger partial charge on any atom is 0.0986 e. The molecule has 2 aromatic rings. The van der Waals surface area contributed by atoms with Gasteiger partial charge in [0.2, 0.25) is 0 Å². The van der Waals surface area contributed by atoms with E-state index >= 15 is 0 Å². The molecule has 3 aliphatic heterocycles. The van der Waals surface area contributed by atoms with E-state index in [9.17, 15) is 5.11 Å². The van der Waals surface area contributed by atoms with Crippen molar-refractivity contribution in [2.75, 3.05) is 19.6 Å². The molecule has 118 valence electrons. The minimum Gasteiger partial charge on any atom is -0.384 e. The molecule has 1 aromatic carbocycles. The zero-order valence-corrected chi connectivity index (χ0v) is 13.2. The fraction of sp³-hybridized carbons (Fsp3) is 0.350. The molecule has 0 aliphatic carbocycles. The average Bonchev–Trinajstić information content (AvgIpc) is 2.62. The van der Waals surface area contributed by atoms with E-state index in [-0.39, 0.29) is 0 Å². The highest BCUT2D eigenvalue weighted by atomic mass is 16.3. The molecule has 0 saturated carbocycles. The fourth-order valence-electron chi connectivity index (χ4n) is 3.83. The van der Waals surface area contributed by atoms with Gasteiger partial charge in [0.05, 0.1) is 5.60 Å².